The van der Waals surface area contributed by atoms with Gasteiger partial charge in [-0.05, 0) is 23.3 Å². The highest BCUT2D eigenvalue weighted by Crippen LogP contribution is 2.21. The van der Waals surface area contributed by atoms with Gasteiger partial charge in [-0.3, -0.25) is 4.79 Å². The van der Waals surface area contributed by atoms with Gasteiger partial charge in [0.15, 0.2) is 0 Å². The zero-order valence-electron chi connectivity index (χ0n) is 10.5. The number of rotatable bonds is 5. The molecule has 0 aliphatic carbocycles. The average Bonchev–Trinajstić information content (AvgIpc) is 2.46. The fraction of sp³-hybridized carbons (Fsp3) is 0.133. The first-order valence-corrected chi connectivity index (χ1v) is 6.00. The average molecular weight is 256 g/mol. The number of carbonyl (C=O) groups is 1. The third kappa shape index (κ3) is 3.56. The van der Waals surface area contributed by atoms with E-state index in [1.54, 1.807) is 0 Å². The van der Waals surface area contributed by atoms with Crippen LogP contribution in [0, 0.1) is 0 Å². The van der Waals surface area contributed by atoms with E-state index in [9.17, 15) is 4.79 Å². The molecule has 4 N–H and O–H groups in total. The van der Waals surface area contributed by atoms with Crippen LogP contribution in [0.25, 0.3) is 11.1 Å². The third-order valence-corrected chi connectivity index (χ3v) is 2.76. The van der Waals surface area contributed by atoms with Crippen molar-refractivity contribution < 1.29 is 9.53 Å². The molecule has 4 heteroatoms. The highest BCUT2D eigenvalue weighted by molar-refractivity contribution is 5.79. The number of ether oxygens (including phenoxy) is 1. The van der Waals surface area contributed by atoms with Gasteiger partial charge < -0.3 is 16.2 Å². The largest absolute Gasteiger partial charge is 0.491 e. The molecule has 1 atom stereocenters. The Bertz CT molecular complexity index is 538. The Labute approximate surface area is 112 Å². The lowest BCUT2D eigenvalue weighted by Crippen LogP contribution is -2.41. The van der Waals surface area contributed by atoms with E-state index in [1.165, 1.54) is 0 Å². The molecule has 2 aromatic rings. The number of hydrogen-bond donors (Lipinski definition) is 2. The van der Waals surface area contributed by atoms with E-state index in [1.807, 2.05) is 54.6 Å². The predicted octanol–water partition coefficient (Wildman–Crippen LogP) is 1.55. The Morgan fingerprint density at radius 1 is 1.00 bits per heavy atom. The Balaban J connectivity index is 2.01. The van der Waals surface area contributed by atoms with Gasteiger partial charge in [0, 0.05) is 0 Å². The van der Waals surface area contributed by atoms with Gasteiger partial charge in [0.05, 0.1) is 0 Å². The van der Waals surface area contributed by atoms with Crippen molar-refractivity contribution in [2.75, 3.05) is 6.61 Å². The Hall–Kier alpha value is -2.33. The summed E-state index contributed by atoms with van der Waals surface area (Å²) >= 11 is 0. The smallest absolute Gasteiger partial charge is 0.237 e. The van der Waals surface area contributed by atoms with Gasteiger partial charge in [0.2, 0.25) is 5.91 Å². The molecular weight excluding hydrogens is 240 g/mol. The van der Waals surface area contributed by atoms with Crippen LogP contribution >= 0.6 is 0 Å². The molecule has 0 saturated carbocycles. The Kier molecular flexibility index (Phi) is 4.15. The van der Waals surface area contributed by atoms with Gasteiger partial charge >= 0.3 is 0 Å². The van der Waals surface area contributed by atoms with Gasteiger partial charge in [0.1, 0.15) is 18.4 Å². The van der Waals surface area contributed by atoms with Crippen LogP contribution in [0.15, 0.2) is 54.6 Å². The fourth-order valence-electron chi connectivity index (χ4n) is 1.64. The van der Waals surface area contributed by atoms with Crippen LogP contribution in [0.4, 0.5) is 0 Å². The molecule has 19 heavy (non-hydrogen) atoms. The summed E-state index contributed by atoms with van der Waals surface area (Å²) in [5.41, 5.74) is 12.8. The molecule has 98 valence electrons. The van der Waals surface area contributed by atoms with Crippen LogP contribution in [0.5, 0.6) is 5.75 Å². The summed E-state index contributed by atoms with van der Waals surface area (Å²) in [6, 6.07) is 16.9. The minimum Gasteiger partial charge on any atom is -0.491 e. The molecule has 0 saturated heterocycles. The van der Waals surface area contributed by atoms with Crippen LogP contribution in [-0.4, -0.2) is 18.6 Å². The zero-order chi connectivity index (χ0) is 13.7. The quantitative estimate of drug-likeness (QED) is 0.851. The maximum Gasteiger partial charge on any atom is 0.237 e. The van der Waals surface area contributed by atoms with E-state index in [0.29, 0.717) is 5.75 Å². The lowest BCUT2D eigenvalue weighted by Gasteiger charge is -2.10. The number of carbonyl (C=O) groups excluding carboxylic acids is 1. The highest BCUT2D eigenvalue weighted by Gasteiger charge is 2.09. The molecule has 0 aliphatic rings. The summed E-state index contributed by atoms with van der Waals surface area (Å²) in [5.74, 6) is 0.0947. The number of hydrogen-bond acceptors (Lipinski definition) is 3. The number of nitrogens with two attached hydrogens (primary N) is 2. The van der Waals surface area contributed by atoms with Gasteiger partial charge in [0.25, 0.3) is 0 Å². The van der Waals surface area contributed by atoms with Crippen LogP contribution in [0.3, 0.4) is 0 Å². The number of benzene rings is 2. The van der Waals surface area contributed by atoms with Gasteiger partial charge in [-0.2, -0.15) is 0 Å². The minimum atomic E-state index is -0.784. The molecule has 0 aromatic heterocycles. The van der Waals surface area contributed by atoms with Crippen molar-refractivity contribution in [3.05, 3.63) is 54.6 Å². The van der Waals surface area contributed by atoms with E-state index in [0.717, 1.165) is 11.1 Å². The van der Waals surface area contributed by atoms with Gasteiger partial charge in [-0.1, -0.05) is 42.5 Å². The first-order chi connectivity index (χ1) is 9.16. The molecular formula is C15H16N2O2. The number of amides is 1. The summed E-state index contributed by atoms with van der Waals surface area (Å²) < 4.78 is 5.39. The molecule has 4 nitrogen and oxygen atoms in total. The Morgan fingerprint density at radius 2 is 1.58 bits per heavy atom. The van der Waals surface area contributed by atoms with Crippen LogP contribution in [-0.2, 0) is 4.79 Å². The van der Waals surface area contributed by atoms with E-state index in [-0.39, 0.29) is 6.61 Å². The third-order valence-electron chi connectivity index (χ3n) is 2.76. The fourth-order valence-corrected chi connectivity index (χ4v) is 1.64. The van der Waals surface area contributed by atoms with E-state index in [4.69, 9.17) is 16.2 Å². The molecule has 0 spiro atoms. The van der Waals surface area contributed by atoms with Gasteiger partial charge in [-0.15, -0.1) is 0 Å². The second-order valence-corrected chi connectivity index (χ2v) is 4.21. The SMILES string of the molecule is NC(=O)C(N)COc1ccc(-c2ccccc2)cc1. The monoisotopic (exact) mass is 256 g/mol. The van der Waals surface area contributed by atoms with Crippen LogP contribution in [0.2, 0.25) is 0 Å². The minimum absolute atomic E-state index is 0.0834. The molecule has 1 amide bonds. The van der Waals surface area contributed by atoms with Crippen molar-refractivity contribution in [1.29, 1.82) is 0 Å². The Morgan fingerprint density at radius 3 is 2.16 bits per heavy atom. The van der Waals surface area contributed by atoms with Crippen LogP contribution < -0.4 is 16.2 Å². The van der Waals surface area contributed by atoms with Crippen LogP contribution in [0.1, 0.15) is 0 Å². The van der Waals surface area contributed by atoms with E-state index >= 15 is 0 Å². The summed E-state index contributed by atoms with van der Waals surface area (Å²) in [5, 5.41) is 0. The molecule has 0 bridgehead atoms. The molecule has 0 aliphatic heterocycles. The zero-order valence-corrected chi connectivity index (χ0v) is 10.5. The molecule has 2 aromatic carbocycles. The summed E-state index contributed by atoms with van der Waals surface area (Å²) in [7, 11) is 0. The molecule has 0 heterocycles. The first-order valence-electron chi connectivity index (χ1n) is 6.00. The first kappa shape index (κ1) is 13.1. The van der Waals surface area contributed by atoms with E-state index in [2.05, 4.69) is 0 Å². The summed E-state index contributed by atoms with van der Waals surface area (Å²) in [6.07, 6.45) is 0. The van der Waals surface area contributed by atoms with E-state index < -0.39 is 11.9 Å². The van der Waals surface area contributed by atoms with Gasteiger partial charge in [-0.25, -0.2) is 0 Å². The van der Waals surface area contributed by atoms with Crippen molar-refractivity contribution in [2.45, 2.75) is 6.04 Å². The molecule has 0 radical (unpaired) electrons. The summed E-state index contributed by atoms with van der Waals surface area (Å²) in [4.78, 5) is 10.8. The van der Waals surface area contributed by atoms with Crippen molar-refractivity contribution in [1.82, 2.24) is 0 Å². The van der Waals surface area contributed by atoms with Crippen molar-refractivity contribution in [3.63, 3.8) is 0 Å². The molecule has 1 unspecified atom stereocenters. The number of primary amides is 1. The lowest BCUT2D eigenvalue weighted by atomic mass is 10.1. The predicted molar refractivity (Wildman–Crippen MR) is 74.5 cm³/mol. The highest BCUT2D eigenvalue weighted by atomic mass is 16.5. The summed E-state index contributed by atoms with van der Waals surface area (Å²) in [6.45, 7) is 0.0834. The lowest BCUT2D eigenvalue weighted by molar-refractivity contribution is -0.119. The van der Waals surface area contributed by atoms with Crippen molar-refractivity contribution in [3.8, 4) is 16.9 Å². The second kappa shape index (κ2) is 6.02. The molecule has 2 rings (SSSR count). The van der Waals surface area contributed by atoms with Crippen molar-refractivity contribution in [2.24, 2.45) is 11.5 Å². The maximum absolute atomic E-state index is 10.8. The normalized spacial score (nSPS) is 11.8. The van der Waals surface area contributed by atoms with Crippen molar-refractivity contribution >= 4 is 5.91 Å². The molecule has 0 fully saturated rings. The maximum atomic E-state index is 10.8. The second-order valence-electron chi connectivity index (χ2n) is 4.21. The topological polar surface area (TPSA) is 78.3 Å². The standard InChI is InChI=1S/C15H16N2O2/c16-14(15(17)18)10-19-13-8-6-12(7-9-13)11-4-2-1-3-5-11/h1-9,14H,10,16H2,(H2,17,18).